The lowest BCUT2D eigenvalue weighted by Gasteiger charge is -2.12. The van der Waals surface area contributed by atoms with Crippen molar-refractivity contribution in [3.63, 3.8) is 0 Å². The van der Waals surface area contributed by atoms with Crippen LogP contribution in [0.25, 0.3) is 0 Å². The number of ether oxygens (including phenoxy) is 2. The summed E-state index contributed by atoms with van der Waals surface area (Å²) in [6.45, 7) is 0. The maximum Gasteiger partial charge on any atom is 0.337 e. The molecule has 0 saturated heterocycles. The van der Waals surface area contributed by atoms with E-state index in [0.29, 0.717) is 11.3 Å². The van der Waals surface area contributed by atoms with Crippen molar-refractivity contribution in [2.75, 3.05) is 7.11 Å². The second kappa shape index (κ2) is 3.55. The zero-order valence-corrected chi connectivity index (χ0v) is 8.53. The van der Waals surface area contributed by atoms with Crippen molar-refractivity contribution in [1.29, 1.82) is 0 Å². The summed E-state index contributed by atoms with van der Waals surface area (Å²) in [6, 6.07) is 6.76. The number of esters is 1. The van der Waals surface area contributed by atoms with E-state index >= 15 is 0 Å². The molecule has 1 fully saturated rings. The van der Waals surface area contributed by atoms with E-state index in [1.54, 1.807) is 24.3 Å². The predicted octanol–water partition coefficient (Wildman–Crippen LogP) is 1.30. The molecule has 1 aromatic rings. The monoisotopic (exact) mass is 207 g/mol. The fourth-order valence-corrected chi connectivity index (χ4v) is 1.24. The van der Waals surface area contributed by atoms with Crippen LogP contribution in [0, 0.1) is 0 Å². The van der Waals surface area contributed by atoms with Crippen LogP contribution >= 0.6 is 0 Å². The van der Waals surface area contributed by atoms with E-state index in [2.05, 4.69) is 4.74 Å². The Balaban J connectivity index is 2.06. The van der Waals surface area contributed by atoms with E-state index in [-0.39, 0.29) is 5.97 Å². The van der Waals surface area contributed by atoms with Crippen LogP contribution in [0.15, 0.2) is 24.3 Å². The molecule has 1 aliphatic rings. The molecule has 0 aliphatic heterocycles. The first-order chi connectivity index (χ1) is 7.13. The normalized spacial score (nSPS) is 16.9. The van der Waals surface area contributed by atoms with Gasteiger partial charge < -0.3 is 9.47 Å². The second-order valence-electron chi connectivity index (χ2n) is 3.68. The number of rotatable bonds is 3. The molecule has 1 aliphatic carbocycles. The SMILES string of the molecule is COC(=O)c1ccc(OC2(N)CC2)cc1. The van der Waals surface area contributed by atoms with Crippen molar-refractivity contribution in [1.82, 2.24) is 0 Å². The Hall–Kier alpha value is -1.55. The molecule has 0 aromatic heterocycles. The van der Waals surface area contributed by atoms with Gasteiger partial charge in [-0.25, -0.2) is 4.79 Å². The number of carbonyl (C=O) groups is 1. The lowest BCUT2D eigenvalue weighted by molar-refractivity contribution is 0.0600. The fraction of sp³-hybridized carbons (Fsp3) is 0.364. The molecule has 0 atom stereocenters. The largest absolute Gasteiger partial charge is 0.473 e. The van der Waals surface area contributed by atoms with Crippen LogP contribution in [0.4, 0.5) is 0 Å². The van der Waals surface area contributed by atoms with Gasteiger partial charge in [0.2, 0.25) is 0 Å². The van der Waals surface area contributed by atoms with Crippen molar-refractivity contribution in [2.24, 2.45) is 5.73 Å². The lowest BCUT2D eigenvalue weighted by atomic mass is 10.2. The third kappa shape index (κ3) is 2.27. The zero-order valence-electron chi connectivity index (χ0n) is 8.53. The Morgan fingerprint density at radius 2 is 1.93 bits per heavy atom. The van der Waals surface area contributed by atoms with E-state index in [1.807, 2.05) is 0 Å². The second-order valence-corrected chi connectivity index (χ2v) is 3.68. The highest BCUT2D eigenvalue weighted by Gasteiger charge is 2.41. The molecule has 0 amide bonds. The first kappa shape index (κ1) is 9.98. The molecule has 0 bridgehead atoms. The fourth-order valence-electron chi connectivity index (χ4n) is 1.24. The van der Waals surface area contributed by atoms with E-state index in [4.69, 9.17) is 10.5 Å². The third-order valence-electron chi connectivity index (χ3n) is 2.34. The van der Waals surface area contributed by atoms with Crippen LogP contribution < -0.4 is 10.5 Å². The van der Waals surface area contributed by atoms with Crippen LogP contribution in [0.2, 0.25) is 0 Å². The Bertz CT molecular complexity index is 368. The van der Waals surface area contributed by atoms with Crippen LogP contribution in [-0.4, -0.2) is 18.8 Å². The number of hydrogen-bond donors (Lipinski definition) is 1. The minimum atomic E-state index is -0.479. The van der Waals surface area contributed by atoms with Crippen LogP contribution in [0.3, 0.4) is 0 Å². The number of benzene rings is 1. The van der Waals surface area contributed by atoms with E-state index in [9.17, 15) is 4.79 Å². The van der Waals surface area contributed by atoms with Crippen LogP contribution in [0.1, 0.15) is 23.2 Å². The van der Waals surface area contributed by atoms with E-state index in [0.717, 1.165) is 12.8 Å². The Labute approximate surface area is 88.0 Å². The summed E-state index contributed by atoms with van der Waals surface area (Å²) in [5.74, 6) is 0.332. The van der Waals surface area contributed by atoms with Crippen molar-refractivity contribution in [2.45, 2.75) is 18.6 Å². The number of nitrogens with two attached hydrogens (primary N) is 1. The van der Waals surface area contributed by atoms with Gasteiger partial charge in [0.05, 0.1) is 12.7 Å². The molecular weight excluding hydrogens is 194 g/mol. The van der Waals surface area contributed by atoms with Gasteiger partial charge in [0.25, 0.3) is 0 Å². The lowest BCUT2D eigenvalue weighted by Crippen LogP contribution is -2.29. The maximum absolute atomic E-state index is 11.1. The summed E-state index contributed by atoms with van der Waals surface area (Å²) < 4.78 is 10.1. The highest BCUT2D eigenvalue weighted by Crippen LogP contribution is 2.34. The molecule has 1 aromatic carbocycles. The molecule has 4 nitrogen and oxygen atoms in total. The zero-order chi connectivity index (χ0) is 10.9. The smallest absolute Gasteiger partial charge is 0.337 e. The third-order valence-corrected chi connectivity index (χ3v) is 2.34. The van der Waals surface area contributed by atoms with Crippen molar-refractivity contribution < 1.29 is 14.3 Å². The van der Waals surface area contributed by atoms with E-state index < -0.39 is 5.72 Å². The Morgan fingerprint density at radius 3 is 2.40 bits per heavy atom. The highest BCUT2D eigenvalue weighted by atomic mass is 16.5. The van der Waals surface area contributed by atoms with Gasteiger partial charge in [-0.1, -0.05) is 0 Å². The minimum Gasteiger partial charge on any atom is -0.473 e. The number of hydrogen-bond acceptors (Lipinski definition) is 4. The summed E-state index contributed by atoms with van der Waals surface area (Å²) in [4.78, 5) is 11.1. The average Bonchev–Trinajstić information content (AvgIpc) is 2.96. The molecule has 0 unspecified atom stereocenters. The van der Waals surface area contributed by atoms with E-state index in [1.165, 1.54) is 7.11 Å². The molecule has 15 heavy (non-hydrogen) atoms. The minimum absolute atomic E-state index is 0.351. The molecule has 2 rings (SSSR count). The van der Waals surface area contributed by atoms with Crippen LogP contribution in [-0.2, 0) is 4.74 Å². The maximum atomic E-state index is 11.1. The van der Waals surface area contributed by atoms with Crippen molar-refractivity contribution >= 4 is 5.97 Å². The summed E-state index contributed by atoms with van der Waals surface area (Å²) in [5.41, 5.74) is 5.82. The molecule has 0 heterocycles. The first-order valence-electron chi connectivity index (χ1n) is 4.79. The average molecular weight is 207 g/mol. The Morgan fingerprint density at radius 1 is 1.33 bits per heavy atom. The van der Waals surface area contributed by atoms with Crippen molar-refractivity contribution in [3.05, 3.63) is 29.8 Å². The van der Waals surface area contributed by atoms with Gasteiger partial charge in [0.15, 0.2) is 5.72 Å². The molecular formula is C11H13NO3. The molecule has 0 radical (unpaired) electrons. The van der Waals surface area contributed by atoms with Gasteiger partial charge in [0, 0.05) is 12.8 Å². The summed E-state index contributed by atoms with van der Waals surface area (Å²) in [6.07, 6.45) is 1.76. The van der Waals surface area contributed by atoms with Gasteiger partial charge in [-0.2, -0.15) is 0 Å². The van der Waals surface area contributed by atoms with Crippen molar-refractivity contribution in [3.8, 4) is 5.75 Å². The van der Waals surface area contributed by atoms with Gasteiger partial charge in [-0.3, -0.25) is 5.73 Å². The number of carbonyl (C=O) groups excluding carboxylic acids is 1. The Kier molecular flexibility index (Phi) is 2.36. The highest BCUT2D eigenvalue weighted by molar-refractivity contribution is 5.89. The summed E-state index contributed by atoms with van der Waals surface area (Å²) in [5, 5.41) is 0. The molecule has 80 valence electrons. The standard InChI is InChI=1S/C11H13NO3/c1-14-10(13)8-2-4-9(5-3-8)15-11(12)6-7-11/h2-5H,6-7,12H2,1H3. The van der Waals surface area contributed by atoms with Crippen LogP contribution in [0.5, 0.6) is 5.75 Å². The van der Waals surface area contributed by atoms with Gasteiger partial charge in [-0.05, 0) is 24.3 Å². The summed E-state index contributed by atoms with van der Waals surface area (Å²) in [7, 11) is 1.35. The van der Waals surface area contributed by atoms with Gasteiger partial charge >= 0.3 is 5.97 Å². The molecule has 2 N–H and O–H groups in total. The first-order valence-corrected chi connectivity index (χ1v) is 4.79. The quantitative estimate of drug-likeness (QED) is 0.599. The molecule has 0 spiro atoms. The van der Waals surface area contributed by atoms with Gasteiger partial charge in [-0.15, -0.1) is 0 Å². The number of methoxy groups -OCH3 is 1. The van der Waals surface area contributed by atoms with Gasteiger partial charge in [0.1, 0.15) is 5.75 Å². The summed E-state index contributed by atoms with van der Waals surface area (Å²) >= 11 is 0. The molecule has 4 heteroatoms. The molecule has 1 saturated carbocycles. The predicted molar refractivity (Wildman–Crippen MR) is 54.6 cm³/mol. The topological polar surface area (TPSA) is 61.5 Å².